The number of nitrogens with zero attached hydrogens (tertiary/aromatic N) is 2. The quantitative estimate of drug-likeness (QED) is 0.353. The lowest BCUT2D eigenvalue weighted by atomic mass is 10.0. The number of para-hydroxylation sites is 2. The number of Topliss-reactive ketones (excluding diaryl/α,β-unsaturated/α-hetero) is 1. The Kier molecular flexibility index (Phi) is 4.77. The molecule has 0 aliphatic rings. The van der Waals surface area contributed by atoms with Crippen molar-refractivity contribution in [2.24, 2.45) is 0 Å². The number of ketones is 1. The molecule has 138 valence electrons. The zero-order valence-corrected chi connectivity index (χ0v) is 15.8. The van der Waals surface area contributed by atoms with Crippen molar-refractivity contribution in [1.29, 1.82) is 0 Å². The normalized spacial score (nSPS) is 11.6. The number of hydrogen-bond acceptors (Lipinski definition) is 4. The van der Waals surface area contributed by atoms with Gasteiger partial charge in [0, 0.05) is 25.3 Å². The number of carbonyl (C=O) groups excluding carboxylic acids is 1. The topological polar surface area (TPSA) is 46.3 Å². The molecule has 0 saturated heterocycles. The van der Waals surface area contributed by atoms with E-state index in [1.165, 1.54) is 0 Å². The van der Waals surface area contributed by atoms with Crippen molar-refractivity contribution in [3.8, 4) is 0 Å². The van der Waals surface area contributed by atoms with Crippen LogP contribution in [0.15, 0.2) is 83.3 Å². The first-order valence-electron chi connectivity index (χ1n) is 9.06. The van der Waals surface area contributed by atoms with Crippen LogP contribution in [-0.2, 0) is 0 Å². The van der Waals surface area contributed by atoms with Gasteiger partial charge in [0.1, 0.15) is 5.52 Å². The Morgan fingerprint density at radius 3 is 2.25 bits per heavy atom. The summed E-state index contributed by atoms with van der Waals surface area (Å²) < 4.78 is 5.90. The maximum atomic E-state index is 13.2. The molecule has 0 amide bonds. The van der Waals surface area contributed by atoms with Crippen LogP contribution in [0.4, 0.5) is 5.69 Å². The van der Waals surface area contributed by atoms with E-state index in [0.717, 1.165) is 16.8 Å². The number of anilines is 1. The molecule has 4 nitrogen and oxygen atoms in total. The smallest absolute Gasteiger partial charge is 0.231 e. The van der Waals surface area contributed by atoms with E-state index in [-0.39, 0.29) is 5.78 Å². The predicted octanol–water partition coefficient (Wildman–Crippen LogP) is 5.32. The van der Waals surface area contributed by atoms with Crippen LogP contribution in [0.3, 0.4) is 0 Å². The molecule has 0 aliphatic carbocycles. The van der Waals surface area contributed by atoms with Gasteiger partial charge in [0.25, 0.3) is 0 Å². The minimum atomic E-state index is -0.121. The number of aromatic nitrogens is 1. The average molecular weight is 368 g/mol. The fraction of sp³-hybridized carbons (Fsp3) is 0.0833. The maximum Gasteiger partial charge on any atom is 0.231 e. The number of benzene rings is 3. The molecule has 0 spiro atoms. The summed E-state index contributed by atoms with van der Waals surface area (Å²) in [6.07, 6.45) is 1.83. The van der Waals surface area contributed by atoms with Crippen LogP contribution in [0.5, 0.6) is 0 Å². The number of carbonyl (C=O) groups is 1. The Bertz CT molecular complexity index is 1110. The van der Waals surface area contributed by atoms with Gasteiger partial charge in [0.15, 0.2) is 11.4 Å². The van der Waals surface area contributed by atoms with Gasteiger partial charge in [0.2, 0.25) is 5.89 Å². The van der Waals surface area contributed by atoms with Gasteiger partial charge in [-0.15, -0.1) is 0 Å². The van der Waals surface area contributed by atoms with Crippen LogP contribution in [0.25, 0.3) is 22.7 Å². The van der Waals surface area contributed by atoms with E-state index in [1.807, 2.05) is 91.8 Å². The fourth-order valence-corrected chi connectivity index (χ4v) is 2.99. The molecule has 0 radical (unpaired) electrons. The highest BCUT2D eigenvalue weighted by Crippen LogP contribution is 2.26. The van der Waals surface area contributed by atoms with Gasteiger partial charge in [-0.05, 0) is 35.9 Å². The van der Waals surface area contributed by atoms with Gasteiger partial charge in [-0.3, -0.25) is 4.79 Å². The largest absolute Gasteiger partial charge is 0.436 e. The maximum absolute atomic E-state index is 13.2. The number of oxazole rings is 1. The summed E-state index contributed by atoms with van der Waals surface area (Å²) in [6.45, 7) is 0. The molecule has 28 heavy (non-hydrogen) atoms. The van der Waals surface area contributed by atoms with Gasteiger partial charge in [-0.2, -0.15) is 0 Å². The Labute approximate surface area is 163 Å². The summed E-state index contributed by atoms with van der Waals surface area (Å²) in [5.74, 6) is 0.204. The number of hydrogen-bond donors (Lipinski definition) is 0. The molecule has 0 aliphatic heterocycles. The molecular formula is C24H20N2O2. The van der Waals surface area contributed by atoms with Crippen molar-refractivity contribution < 1.29 is 9.21 Å². The summed E-state index contributed by atoms with van der Waals surface area (Å²) in [6, 6.07) is 24.7. The third kappa shape index (κ3) is 3.58. The highest BCUT2D eigenvalue weighted by Gasteiger charge is 2.20. The summed E-state index contributed by atoms with van der Waals surface area (Å²) >= 11 is 0. The summed E-state index contributed by atoms with van der Waals surface area (Å²) in [5, 5.41) is 0. The number of rotatable bonds is 5. The first-order chi connectivity index (χ1) is 13.6. The van der Waals surface area contributed by atoms with Gasteiger partial charge in [-0.25, -0.2) is 4.98 Å². The molecule has 4 rings (SSSR count). The van der Waals surface area contributed by atoms with Crippen LogP contribution >= 0.6 is 0 Å². The van der Waals surface area contributed by atoms with E-state index in [9.17, 15) is 4.79 Å². The van der Waals surface area contributed by atoms with E-state index < -0.39 is 0 Å². The average Bonchev–Trinajstić information content (AvgIpc) is 3.16. The minimum absolute atomic E-state index is 0.121. The monoisotopic (exact) mass is 368 g/mol. The van der Waals surface area contributed by atoms with Gasteiger partial charge in [-0.1, -0.05) is 54.6 Å². The summed E-state index contributed by atoms with van der Waals surface area (Å²) in [5.41, 5.74) is 4.42. The first kappa shape index (κ1) is 17.7. The van der Waals surface area contributed by atoms with Crippen LogP contribution in [-0.4, -0.2) is 24.9 Å². The molecule has 0 atom stereocenters. The van der Waals surface area contributed by atoms with Crippen LogP contribution in [0, 0.1) is 0 Å². The van der Waals surface area contributed by atoms with Crippen molar-refractivity contribution in [2.45, 2.75) is 0 Å². The van der Waals surface area contributed by atoms with Crippen LogP contribution in [0.2, 0.25) is 0 Å². The number of fused-ring (bicyclic) bond motifs is 1. The Morgan fingerprint density at radius 1 is 0.893 bits per heavy atom. The van der Waals surface area contributed by atoms with Crippen molar-refractivity contribution in [1.82, 2.24) is 4.98 Å². The number of allylic oxidation sites excluding steroid dienone is 1. The molecule has 0 fully saturated rings. The molecule has 0 unspecified atom stereocenters. The van der Waals surface area contributed by atoms with Crippen molar-refractivity contribution >= 4 is 34.2 Å². The molecule has 1 heterocycles. The molecule has 4 aromatic rings. The first-order valence-corrected chi connectivity index (χ1v) is 9.06. The molecule has 0 saturated carbocycles. The summed E-state index contributed by atoms with van der Waals surface area (Å²) in [4.78, 5) is 19.8. The third-order valence-electron chi connectivity index (χ3n) is 4.53. The summed E-state index contributed by atoms with van der Waals surface area (Å²) in [7, 11) is 3.99. The Hall–Kier alpha value is -3.66. The third-order valence-corrected chi connectivity index (χ3v) is 4.53. The lowest BCUT2D eigenvalue weighted by molar-refractivity contribution is 0.105. The van der Waals surface area contributed by atoms with Gasteiger partial charge < -0.3 is 9.32 Å². The highest BCUT2D eigenvalue weighted by atomic mass is 16.3. The second kappa shape index (κ2) is 7.53. The van der Waals surface area contributed by atoms with E-state index in [0.29, 0.717) is 22.6 Å². The van der Waals surface area contributed by atoms with Crippen molar-refractivity contribution in [3.63, 3.8) is 0 Å². The van der Waals surface area contributed by atoms with Crippen LogP contribution in [0.1, 0.15) is 21.8 Å². The van der Waals surface area contributed by atoms with Gasteiger partial charge in [0.05, 0.1) is 5.57 Å². The van der Waals surface area contributed by atoms with E-state index in [1.54, 1.807) is 12.1 Å². The zero-order chi connectivity index (χ0) is 19.5. The zero-order valence-electron chi connectivity index (χ0n) is 15.8. The highest BCUT2D eigenvalue weighted by molar-refractivity contribution is 6.31. The second-order valence-corrected chi connectivity index (χ2v) is 6.73. The second-order valence-electron chi connectivity index (χ2n) is 6.73. The Morgan fingerprint density at radius 2 is 1.57 bits per heavy atom. The van der Waals surface area contributed by atoms with E-state index in [4.69, 9.17) is 4.42 Å². The molecule has 3 aromatic carbocycles. The minimum Gasteiger partial charge on any atom is -0.436 e. The van der Waals surface area contributed by atoms with Gasteiger partial charge >= 0.3 is 0 Å². The van der Waals surface area contributed by atoms with E-state index in [2.05, 4.69) is 4.98 Å². The molecule has 0 bridgehead atoms. The Balaban J connectivity index is 1.82. The predicted molar refractivity (Wildman–Crippen MR) is 113 cm³/mol. The standard InChI is InChI=1S/C24H20N2O2/c1-26(2)19-14-12-17(13-15-19)16-20(23(27)18-8-4-3-5-9-18)24-25-21-10-6-7-11-22(21)28-24/h3-16H,1-2H3/b20-16-. The molecular weight excluding hydrogens is 348 g/mol. The lowest BCUT2D eigenvalue weighted by Gasteiger charge is -2.12. The van der Waals surface area contributed by atoms with Crippen LogP contribution < -0.4 is 4.90 Å². The van der Waals surface area contributed by atoms with Crippen molar-refractivity contribution in [2.75, 3.05) is 19.0 Å². The van der Waals surface area contributed by atoms with Crippen molar-refractivity contribution in [3.05, 3.63) is 95.9 Å². The molecule has 1 aromatic heterocycles. The fourth-order valence-electron chi connectivity index (χ4n) is 2.99. The lowest BCUT2D eigenvalue weighted by Crippen LogP contribution is -2.08. The molecule has 0 N–H and O–H groups in total. The molecule has 4 heteroatoms. The van der Waals surface area contributed by atoms with E-state index >= 15 is 0 Å². The SMILES string of the molecule is CN(C)c1ccc(/C=C(/C(=O)c2ccccc2)c2nc3ccccc3o2)cc1.